The van der Waals surface area contributed by atoms with Crippen LogP contribution in [-0.2, 0) is 22.6 Å². The fourth-order valence-corrected chi connectivity index (χ4v) is 3.31. The number of hydrogen-bond donors (Lipinski definition) is 1. The van der Waals surface area contributed by atoms with E-state index in [0.29, 0.717) is 23.5 Å². The van der Waals surface area contributed by atoms with Crippen LogP contribution in [-0.4, -0.2) is 19.0 Å². The minimum absolute atomic E-state index is 0.363. The molecule has 0 fully saturated rings. The summed E-state index contributed by atoms with van der Waals surface area (Å²) >= 11 is 0. The Morgan fingerprint density at radius 2 is 1.53 bits per heavy atom. The van der Waals surface area contributed by atoms with Gasteiger partial charge in [-0.1, -0.05) is 67.9 Å². The molecule has 3 rings (SSSR count). The number of unbranched alkanes of at least 4 members (excludes halogenated alkanes) is 1. The van der Waals surface area contributed by atoms with E-state index in [-0.39, 0.29) is 5.91 Å². The molecule has 3 aromatic carbocycles. The van der Waals surface area contributed by atoms with E-state index < -0.39 is 12.0 Å². The summed E-state index contributed by atoms with van der Waals surface area (Å²) in [5.41, 5.74) is 3.53. The van der Waals surface area contributed by atoms with Crippen LogP contribution in [0.3, 0.4) is 0 Å². The summed E-state index contributed by atoms with van der Waals surface area (Å²) in [6, 6.07) is 23.5. The van der Waals surface area contributed by atoms with E-state index >= 15 is 0 Å². The number of hydrogen-bond acceptors (Lipinski definition) is 4. The van der Waals surface area contributed by atoms with Crippen molar-refractivity contribution in [3.05, 3.63) is 101 Å². The van der Waals surface area contributed by atoms with E-state index in [1.165, 1.54) is 25.5 Å². The highest BCUT2D eigenvalue weighted by Gasteiger charge is 2.23. The molecular formula is C27H29NO4. The lowest BCUT2D eigenvalue weighted by molar-refractivity contribution is -0.143. The maximum Gasteiger partial charge on any atom is 0.333 e. The first-order chi connectivity index (χ1) is 15.6. The lowest BCUT2D eigenvalue weighted by Crippen LogP contribution is -2.34. The summed E-state index contributed by atoms with van der Waals surface area (Å²) in [6.45, 7) is 2.65. The minimum atomic E-state index is -0.870. The van der Waals surface area contributed by atoms with Gasteiger partial charge >= 0.3 is 5.97 Å². The standard InChI is InChI=1S/C27H29NO4/c1-3-4-8-20-11-13-21(14-12-20)19-32-24-17-15-23(16-18-24)26(29)28-25(27(30)31-2)22-9-6-5-7-10-22/h5-7,9-18,25H,3-4,8,19H2,1-2H3,(H,28,29). The van der Waals surface area contributed by atoms with Crippen LogP contribution in [0.2, 0.25) is 0 Å². The molecule has 1 amide bonds. The molecule has 1 atom stereocenters. The summed E-state index contributed by atoms with van der Waals surface area (Å²) in [7, 11) is 1.30. The number of aryl methyl sites for hydroxylation is 1. The summed E-state index contributed by atoms with van der Waals surface area (Å²) < 4.78 is 10.7. The minimum Gasteiger partial charge on any atom is -0.489 e. The number of nitrogens with one attached hydrogen (secondary N) is 1. The SMILES string of the molecule is CCCCc1ccc(COc2ccc(C(=O)NC(C(=O)OC)c3ccccc3)cc2)cc1. The Bertz CT molecular complexity index is 998. The normalized spacial score (nSPS) is 11.4. The van der Waals surface area contributed by atoms with Gasteiger partial charge in [0.25, 0.3) is 5.91 Å². The number of ether oxygens (including phenoxy) is 2. The Hall–Kier alpha value is -3.60. The Morgan fingerprint density at radius 3 is 2.16 bits per heavy atom. The van der Waals surface area contributed by atoms with Crippen LogP contribution in [0.15, 0.2) is 78.9 Å². The lowest BCUT2D eigenvalue weighted by atomic mass is 10.1. The molecule has 1 unspecified atom stereocenters. The molecule has 0 saturated carbocycles. The van der Waals surface area contributed by atoms with Crippen LogP contribution in [0.5, 0.6) is 5.75 Å². The number of carbonyl (C=O) groups is 2. The summed E-state index contributed by atoms with van der Waals surface area (Å²) in [5, 5.41) is 2.74. The van der Waals surface area contributed by atoms with Gasteiger partial charge < -0.3 is 14.8 Å². The zero-order valence-electron chi connectivity index (χ0n) is 18.5. The van der Waals surface area contributed by atoms with Gasteiger partial charge in [-0.05, 0) is 53.8 Å². The van der Waals surface area contributed by atoms with Crippen molar-refractivity contribution in [2.75, 3.05) is 7.11 Å². The summed E-state index contributed by atoms with van der Waals surface area (Å²) in [6.07, 6.45) is 3.48. The van der Waals surface area contributed by atoms with Crippen molar-refractivity contribution >= 4 is 11.9 Å². The topological polar surface area (TPSA) is 64.6 Å². The van der Waals surface area contributed by atoms with Crippen LogP contribution in [0.25, 0.3) is 0 Å². The molecule has 32 heavy (non-hydrogen) atoms. The third kappa shape index (κ3) is 6.45. The molecule has 3 aromatic rings. The number of amides is 1. The van der Waals surface area contributed by atoms with Crippen LogP contribution in [0.4, 0.5) is 0 Å². The smallest absolute Gasteiger partial charge is 0.333 e. The van der Waals surface area contributed by atoms with E-state index in [0.717, 1.165) is 12.0 Å². The van der Waals surface area contributed by atoms with Gasteiger partial charge in [0, 0.05) is 5.56 Å². The predicted molar refractivity (Wildman–Crippen MR) is 124 cm³/mol. The average molecular weight is 432 g/mol. The van der Waals surface area contributed by atoms with E-state index in [4.69, 9.17) is 9.47 Å². The van der Waals surface area contributed by atoms with Crippen LogP contribution in [0, 0.1) is 0 Å². The lowest BCUT2D eigenvalue weighted by Gasteiger charge is -2.17. The van der Waals surface area contributed by atoms with Crippen LogP contribution >= 0.6 is 0 Å². The number of methoxy groups -OCH3 is 1. The highest BCUT2D eigenvalue weighted by molar-refractivity contribution is 5.97. The second kappa shape index (κ2) is 11.7. The Labute approximate surface area is 189 Å². The molecule has 5 nitrogen and oxygen atoms in total. The van der Waals surface area contributed by atoms with E-state index in [2.05, 4.69) is 36.5 Å². The highest BCUT2D eigenvalue weighted by atomic mass is 16.5. The second-order valence-corrected chi connectivity index (χ2v) is 7.57. The quantitative estimate of drug-likeness (QED) is 0.445. The van der Waals surface area contributed by atoms with Gasteiger partial charge in [-0.15, -0.1) is 0 Å². The molecule has 166 valence electrons. The van der Waals surface area contributed by atoms with E-state index in [1.54, 1.807) is 36.4 Å². The van der Waals surface area contributed by atoms with Crippen molar-refractivity contribution in [1.82, 2.24) is 5.32 Å². The molecule has 5 heteroatoms. The molecule has 0 aromatic heterocycles. The molecule has 1 N–H and O–H groups in total. The van der Waals surface area contributed by atoms with Crippen molar-refractivity contribution < 1.29 is 19.1 Å². The largest absolute Gasteiger partial charge is 0.489 e. The first-order valence-corrected chi connectivity index (χ1v) is 10.8. The third-order valence-electron chi connectivity index (χ3n) is 5.21. The van der Waals surface area contributed by atoms with E-state index in [9.17, 15) is 9.59 Å². The summed E-state index contributed by atoms with van der Waals surface area (Å²) in [5.74, 6) is -0.215. The fourth-order valence-electron chi connectivity index (χ4n) is 3.31. The molecule has 0 aliphatic rings. The van der Waals surface area contributed by atoms with Gasteiger partial charge in [0.05, 0.1) is 7.11 Å². The fraction of sp³-hybridized carbons (Fsp3) is 0.259. The van der Waals surface area contributed by atoms with Crippen LogP contribution in [0.1, 0.15) is 52.9 Å². The summed E-state index contributed by atoms with van der Waals surface area (Å²) in [4.78, 5) is 24.9. The van der Waals surface area contributed by atoms with Crippen molar-refractivity contribution in [3.8, 4) is 5.75 Å². The molecule has 0 radical (unpaired) electrons. The zero-order chi connectivity index (χ0) is 22.8. The molecule has 0 heterocycles. The van der Waals surface area contributed by atoms with E-state index in [1.807, 2.05) is 18.2 Å². The van der Waals surface area contributed by atoms with Gasteiger partial charge in [-0.25, -0.2) is 4.79 Å². The second-order valence-electron chi connectivity index (χ2n) is 7.57. The van der Waals surface area contributed by atoms with Crippen molar-refractivity contribution in [3.63, 3.8) is 0 Å². The van der Waals surface area contributed by atoms with Crippen molar-refractivity contribution in [2.45, 2.75) is 38.8 Å². The molecule has 0 aliphatic heterocycles. The van der Waals surface area contributed by atoms with Crippen molar-refractivity contribution in [1.29, 1.82) is 0 Å². The third-order valence-corrected chi connectivity index (χ3v) is 5.21. The molecular weight excluding hydrogens is 402 g/mol. The molecule has 0 saturated heterocycles. The predicted octanol–water partition coefficient (Wildman–Crippen LogP) is 5.25. The van der Waals surface area contributed by atoms with Gasteiger partial charge in [0.15, 0.2) is 6.04 Å². The molecule has 0 bridgehead atoms. The first-order valence-electron chi connectivity index (χ1n) is 10.8. The number of rotatable bonds is 10. The maximum absolute atomic E-state index is 12.7. The first kappa shape index (κ1) is 23.1. The number of carbonyl (C=O) groups excluding carboxylic acids is 2. The average Bonchev–Trinajstić information content (AvgIpc) is 2.85. The van der Waals surface area contributed by atoms with Crippen molar-refractivity contribution in [2.24, 2.45) is 0 Å². The Morgan fingerprint density at radius 1 is 0.875 bits per heavy atom. The van der Waals surface area contributed by atoms with Gasteiger partial charge in [-0.2, -0.15) is 0 Å². The van der Waals surface area contributed by atoms with Crippen LogP contribution < -0.4 is 10.1 Å². The zero-order valence-corrected chi connectivity index (χ0v) is 18.5. The van der Waals surface area contributed by atoms with Gasteiger partial charge in [0.2, 0.25) is 0 Å². The van der Waals surface area contributed by atoms with Gasteiger partial charge in [0.1, 0.15) is 12.4 Å². The Balaban J connectivity index is 1.58. The molecule has 0 spiro atoms. The maximum atomic E-state index is 12.7. The Kier molecular flexibility index (Phi) is 8.44. The number of esters is 1. The molecule has 0 aliphatic carbocycles. The number of benzene rings is 3. The van der Waals surface area contributed by atoms with Gasteiger partial charge in [-0.3, -0.25) is 4.79 Å². The highest BCUT2D eigenvalue weighted by Crippen LogP contribution is 2.18. The monoisotopic (exact) mass is 431 g/mol.